The lowest BCUT2D eigenvalue weighted by Crippen LogP contribution is -2.15. The molecule has 0 amide bonds. The fraction of sp³-hybridized carbons (Fsp3) is 0.0545. The quantitative estimate of drug-likeness (QED) is 0.159. The van der Waals surface area contributed by atoms with E-state index in [9.17, 15) is 0 Å². The molecule has 0 N–H and O–H groups in total. The van der Waals surface area contributed by atoms with Crippen molar-refractivity contribution < 1.29 is 0 Å². The lowest BCUT2D eigenvalue weighted by atomic mass is 9.79. The third-order valence-corrected chi connectivity index (χ3v) is 13.8. The Bertz CT molecular complexity index is 3390. The molecule has 0 saturated heterocycles. The fourth-order valence-corrected chi connectivity index (χ4v) is 11.2. The number of thiophene rings is 1. The minimum Gasteiger partial charge on any atom is -0.135 e. The van der Waals surface area contributed by atoms with E-state index in [2.05, 4.69) is 196 Å². The zero-order valence-electron chi connectivity index (χ0n) is 31.2. The fourth-order valence-electron chi connectivity index (χ4n) is 10.1. The average molecular weight is 729 g/mol. The molecular weight excluding hydrogens is 693 g/mol. The molecule has 1 aliphatic rings. The first-order valence-electron chi connectivity index (χ1n) is 19.6. The maximum atomic E-state index is 2.50. The van der Waals surface area contributed by atoms with Gasteiger partial charge in [-0.2, -0.15) is 0 Å². The highest BCUT2D eigenvalue weighted by Crippen LogP contribution is 2.53. The molecule has 0 unspecified atom stereocenters. The molecule has 10 aromatic carbocycles. The normalized spacial score (nSPS) is 13.3. The van der Waals surface area contributed by atoms with Crippen LogP contribution in [0.1, 0.15) is 25.0 Å². The molecular formula is C55H36S. The van der Waals surface area contributed by atoms with Gasteiger partial charge >= 0.3 is 0 Å². The van der Waals surface area contributed by atoms with Gasteiger partial charge in [0.2, 0.25) is 0 Å². The molecule has 0 bridgehead atoms. The monoisotopic (exact) mass is 728 g/mol. The van der Waals surface area contributed by atoms with E-state index in [4.69, 9.17) is 0 Å². The highest BCUT2D eigenvalue weighted by molar-refractivity contribution is 7.26. The molecule has 1 heteroatoms. The van der Waals surface area contributed by atoms with Gasteiger partial charge in [-0.15, -0.1) is 11.3 Å². The zero-order chi connectivity index (χ0) is 37.1. The molecule has 1 aromatic heterocycles. The predicted octanol–water partition coefficient (Wildman–Crippen LogP) is 16.0. The largest absolute Gasteiger partial charge is 0.135 e. The molecule has 1 heterocycles. The van der Waals surface area contributed by atoms with Gasteiger partial charge in [-0.05, 0) is 123 Å². The molecule has 0 nitrogen and oxygen atoms in total. The van der Waals surface area contributed by atoms with E-state index in [-0.39, 0.29) is 5.41 Å². The molecule has 0 saturated carbocycles. The van der Waals surface area contributed by atoms with Gasteiger partial charge in [0, 0.05) is 25.6 Å². The van der Waals surface area contributed by atoms with Gasteiger partial charge in [0.05, 0.1) is 0 Å². The first-order valence-corrected chi connectivity index (χ1v) is 20.4. The summed E-state index contributed by atoms with van der Waals surface area (Å²) in [6.07, 6.45) is 0. The molecule has 0 spiro atoms. The van der Waals surface area contributed by atoms with Crippen LogP contribution in [0.5, 0.6) is 0 Å². The van der Waals surface area contributed by atoms with Crippen LogP contribution in [0.4, 0.5) is 0 Å². The third-order valence-electron chi connectivity index (χ3n) is 12.7. The van der Waals surface area contributed by atoms with E-state index in [1.807, 2.05) is 11.3 Å². The molecule has 1 aliphatic carbocycles. The van der Waals surface area contributed by atoms with Crippen LogP contribution in [0.25, 0.3) is 108 Å². The van der Waals surface area contributed by atoms with E-state index in [0.717, 1.165) is 0 Å². The van der Waals surface area contributed by atoms with Gasteiger partial charge in [0.15, 0.2) is 0 Å². The number of hydrogen-bond acceptors (Lipinski definition) is 1. The number of fused-ring (bicyclic) bond motifs is 11. The summed E-state index contributed by atoms with van der Waals surface area (Å²) >= 11 is 1.89. The van der Waals surface area contributed by atoms with E-state index in [0.29, 0.717) is 0 Å². The Kier molecular flexibility index (Phi) is 6.66. The van der Waals surface area contributed by atoms with Gasteiger partial charge < -0.3 is 0 Å². The second-order valence-electron chi connectivity index (χ2n) is 16.0. The van der Waals surface area contributed by atoms with Crippen molar-refractivity contribution in [2.75, 3.05) is 0 Å². The van der Waals surface area contributed by atoms with E-state index in [1.54, 1.807) is 0 Å². The van der Waals surface area contributed by atoms with Gasteiger partial charge in [0.1, 0.15) is 0 Å². The first kappa shape index (κ1) is 31.8. The standard InChI is InChI=1S/C55H36S/c1-55(2)48-31-34(37-21-12-23-42-38(37)29-30-51-54(42)47-20-9-10-24-50(47)56-51)25-27-39(48)40-28-26-35(32-49(40)55)52-43-16-5-7-18-45(43)53(46-19-8-6-17-44(46)52)41-22-11-14-33-13-3-4-15-36(33)41/h3-32H,1-2H3. The smallest absolute Gasteiger partial charge is 0.0361 e. The van der Waals surface area contributed by atoms with Gasteiger partial charge in [0.25, 0.3) is 0 Å². The second-order valence-corrected chi connectivity index (χ2v) is 17.0. The summed E-state index contributed by atoms with van der Waals surface area (Å²) in [5.41, 5.74) is 13.0. The topological polar surface area (TPSA) is 0 Å². The maximum absolute atomic E-state index is 2.50. The van der Waals surface area contributed by atoms with Crippen molar-refractivity contribution in [1.82, 2.24) is 0 Å². The Balaban J connectivity index is 1.03. The Labute approximate surface area is 329 Å². The van der Waals surface area contributed by atoms with Gasteiger partial charge in [-0.1, -0.05) is 172 Å². The Morgan fingerprint density at radius 3 is 1.61 bits per heavy atom. The number of benzene rings is 10. The summed E-state index contributed by atoms with van der Waals surface area (Å²) in [4.78, 5) is 0. The molecule has 11 aromatic rings. The van der Waals surface area contributed by atoms with E-state index < -0.39 is 0 Å². The molecule has 0 atom stereocenters. The molecule has 0 radical (unpaired) electrons. The molecule has 0 fully saturated rings. The van der Waals surface area contributed by atoms with Crippen LogP contribution in [0, 0.1) is 0 Å². The summed E-state index contributed by atoms with van der Waals surface area (Å²) in [6, 6.07) is 68.3. The summed E-state index contributed by atoms with van der Waals surface area (Å²) in [7, 11) is 0. The van der Waals surface area contributed by atoms with Crippen molar-refractivity contribution in [2.45, 2.75) is 19.3 Å². The number of rotatable bonds is 3. The maximum Gasteiger partial charge on any atom is 0.0361 e. The van der Waals surface area contributed by atoms with Crippen LogP contribution < -0.4 is 0 Å². The van der Waals surface area contributed by atoms with Crippen molar-refractivity contribution in [3.8, 4) is 44.5 Å². The third kappa shape index (κ3) is 4.41. The van der Waals surface area contributed by atoms with Crippen LogP contribution in [0.15, 0.2) is 182 Å². The first-order chi connectivity index (χ1) is 27.5. The van der Waals surface area contributed by atoms with Crippen LogP contribution in [0.2, 0.25) is 0 Å². The Hall–Kier alpha value is -6.54. The average Bonchev–Trinajstić information content (AvgIpc) is 3.74. The summed E-state index contributed by atoms with van der Waals surface area (Å²) < 4.78 is 2.69. The highest BCUT2D eigenvalue weighted by atomic mass is 32.1. The van der Waals surface area contributed by atoms with E-state index >= 15 is 0 Å². The second kappa shape index (κ2) is 11.7. The zero-order valence-corrected chi connectivity index (χ0v) is 32.0. The van der Waals surface area contributed by atoms with Gasteiger partial charge in [-0.25, -0.2) is 0 Å². The molecule has 0 aliphatic heterocycles. The Morgan fingerprint density at radius 2 is 0.875 bits per heavy atom. The van der Waals surface area contributed by atoms with Crippen molar-refractivity contribution in [2.24, 2.45) is 0 Å². The number of hydrogen-bond donors (Lipinski definition) is 0. The van der Waals surface area contributed by atoms with Crippen LogP contribution >= 0.6 is 11.3 Å². The molecule has 56 heavy (non-hydrogen) atoms. The lowest BCUT2D eigenvalue weighted by Gasteiger charge is -2.23. The van der Waals surface area contributed by atoms with Crippen LogP contribution in [-0.4, -0.2) is 0 Å². The van der Waals surface area contributed by atoms with Crippen LogP contribution in [0.3, 0.4) is 0 Å². The van der Waals surface area contributed by atoms with Crippen molar-refractivity contribution in [1.29, 1.82) is 0 Å². The SMILES string of the molecule is CC1(C)c2cc(-c3c4ccccc4c(-c4cccc5ccccc45)c4ccccc34)ccc2-c2ccc(-c3cccc4c3ccc3sc5ccccc5c34)cc21. The predicted molar refractivity (Wildman–Crippen MR) is 243 cm³/mol. The van der Waals surface area contributed by atoms with Gasteiger partial charge in [-0.3, -0.25) is 0 Å². The Morgan fingerprint density at radius 1 is 0.339 bits per heavy atom. The lowest BCUT2D eigenvalue weighted by molar-refractivity contribution is 0.661. The van der Waals surface area contributed by atoms with Crippen molar-refractivity contribution in [3.63, 3.8) is 0 Å². The summed E-state index contributed by atoms with van der Waals surface area (Å²) in [5, 5.41) is 13.0. The minimum atomic E-state index is -0.174. The summed E-state index contributed by atoms with van der Waals surface area (Å²) in [5.74, 6) is 0. The van der Waals surface area contributed by atoms with E-state index in [1.165, 1.54) is 119 Å². The van der Waals surface area contributed by atoms with Crippen LogP contribution in [-0.2, 0) is 5.41 Å². The highest BCUT2D eigenvalue weighted by Gasteiger charge is 2.36. The van der Waals surface area contributed by atoms with Crippen molar-refractivity contribution >= 4 is 74.6 Å². The van der Waals surface area contributed by atoms with Crippen molar-refractivity contribution in [3.05, 3.63) is 193 Å². The molecule has 262 valence electrons. The minimum absolute atomic E-state index is 0.174. The molecule has 12 rings (SSSR count). The summed E-state index contributed by atoms with van der Waals surface area (Å²) in [6.45, 7) is 4.82.